The highest BCUT2D eigenvalue weighted by Gasteiger charge is 2.00. The van der Waals surface area contributed by atoms with Gasteiger partial charge in [-0.1, -0.05) is 67.4 Å². The van der Waals surface area contributed by atoms with E-state index in [1.165, 1.54) is 23.3 Å². The highest BCUT2D eigenvalue weighted by atomic mass is 35.5. The molecule has 108 valence electrons. The van der Waals surface area contributed by atoms with E-state index in [1.54, 1.807) is 0 Å². The third-order valence-corrected chi connectivity index (χ3v) is 4.41. The first kappa shape index (κ1) is 16.0. The number of hydrogen-bond acceptors (Lipinski definition) is 1. The van der Waals surface area contributed by atoms with Gasteiger partial charge in [-0.2, -0.15) is 0 Å². The number of rotatable bonds is 6. The second kappa shape index (κ2) is 8.79. The molecule has 0 bridgehead atoms. The molecule has 21 heavy (non-hydrogen) atoms. The summed E-state index contributed by atoms with van der Waals surface area (Å²) in [7, 11) is 0. The number of hydrogen-bond donors (Lipinski definition) is 0. The first-order valence-electron chi connectivity index (χ1n) is 7.20. The first-order chi connectivity index (χ1) is 10.3. The number of benzene rings is 2. The smallest absolute Gasteiger partial charge is 0.0565 e. The molecule has 0 N–H and O–H groups in total. The second-order valence-electron chi connectivity index (χ2n) is 4.74. The SMILES string of the molecule is CCCCSC(=C=Cc1ccc(Cl)cc1)c1ccccc1. The van der Waals surface area contributed by atoms with E-state index in [0.29, 0.717) is 0 Å². The molecule has 0 aliphatic carbocycles. The Bertz CT molecular complexity index is 608. The fraction of sp³-hybridized carbons (Fsp3) is 0.211. The Labute approximate surface area is 136 Å². The molecule has 0 aromatic heterocycles. The summed E-state index contributed by atoms with van der Waals surface area (Å²) in [6.45, 7) is 2.22. The standard InChI is InChI=1S/C19H19ClS/c1-2-3-15-21-19(17-7-5-4-6-8-17)14-11-16-9-12-18(20)13-10-16/h4-13H,2-3,15H2,1H3. The maximum atomic E-state index is 5.91. The summed E-state index contributed by atoms with van der Waals surface area (Å²) in [4.78, 5) is 1.19. The summed E-state index contributed by atoms with van der Waals surface area (Å²) in [6.07, 6.45) is 4.47. The van der Waals surface area contributed by atoms with Crippen LogP contribution < -0.4 is 0 Å². The summed E-state index contributed by atoms with van der Waals surface area (Å²) < 4.78 is 0. The Balaban J connectivity index is 2.25. The minimum Gasteiger partial charge on any atom is -0.117 e. The van der Waals surface area contributed by atoms with Crippen LogP contribution in [0.3, 0.4) is 0 Å². The van der Waals surface area contributed by atoms with Crippen molar-refractivity contribution in [3.05, 3.63) is 76.5 Å². The maximum absolute atomic E-state index is 5.91. The van der Waals surface area contributed by atoms with Gasteiger partial charge in [-0.15, -0.1) is 17.5 Å². The highest BCUT2D eigenvalue weighted by Crippen LogP contribution is 2.27. The molecule has 0 radical (unpaired) electrons. The summed E-state index contributed by atoms with van der Waals surface area (Å²) in [5.74, 6) is 1.13. The van der Waals surface area contributed by atoms with Gasteiger partial charge in [0, 0.05) is 5.02 Å². The van der Waals surface area contributed by atoms with Crippen LogP contribution in [-0.4, -0.2) is 5.75 Å². The van der Waals surface area contributed by atoms with Crippen molar-refractivity contribution in [2.75, 3.05) is 5.75 Å². The van der Waals surface area contributed by atoms with E-state index in [2.05, 4.69) is 36.9 Å². The third kappa shape index (κ3) is 5.47. The molecule has 0 spiro atoms. The average molecular weight is 315 g/mol. The Hall–Kier alpha value is -1.40. The number of thioether (sulfide) groups is 1. The maximum Gasteiger partial charge on any atom is 0.0565 e. The van der Waals surface area contributed by atoms with Crippen molar-refractivity contribution in [1.29, 1.82) is 0 Å². The van der Waals surface area contributed by atoms with Crippen molar-refractivity contribution >= 4 is 34.3 Å². The summed E-state index contributed by atoms with van der Waals surface area (Å²) in [6, 6.07) is 18.3. The van der Waals surface area contributed by atoms with E-state index in [0.717, 1.165) is 16.3 Å². The zero-order valence-corrected chi connectivity index (χ0v) is 13.8. The molecule has 2 rings (SSSR count). The van der Waals surface area contributed by atoms with Crippen molar-refractivity contribution in [2.24, 2.45) is 0 Å². The summed E-state index contributed by atoms with van der Waals surface area (Å²) in [5.41, 5.74) is 5.78. The fourth-order valence-electron chi connectivity index (χ4n) is 1.82. The van der Waals surface area contributed by atoms with E-state index >= 15 is 0 Å². The van der Waals surface area contributed by atoms with Gasteiger partial charge in [-0.3, -0.25) is 0 Å². The number of unbranched alkanes of at least 4 members (excludes halogenated alkanes) is 1. The van der Waals surface area contributed by atoms with Gasteiger partial charge in [0.15, 0.2) is 0 Å². The molecule has 2 heteroatoms. The fourth-order valence-corrected chi connectivity index (χ4v) is 3.03. The van der Waals surface area contributed by atoms with Gasteiger partial charge >= 0.3 is 0 Å². The van der Waals surface area contributed by atoms with Gasteiger partial charge in [0.25, 0.3) is 0 Å². The molecule has 0 amide bonds. The topological polar surface area (TPSA) is 0 Å². The molecule has 0 heterocycles. The molecule has 0 saturated heterocycles. The van der Waals surface area contributed by atoms with Crippen LogP contribution in [0.5, 0.6) is 0 Å². The van der Waals surface area contributed by atoms with E-state index in [4.69, 9.17) is 11.6 Å². The van der Waals surface area contributed by atoms with Crippen molar-refractivity contribution in [2.45, 2.75) is 19.8 Å². The van der Waals surface area contributed by atoms with E-state index in [1.807, 2.05) is 48.2 Å². The van der Waals surface area contributed by atoms with E-state index in [-0.39, 0.29) is 0 Å². The molecule has 0 nitrogen and oxygen atoms in total. The van der Waals surface area contributed by atoms with Crippen LogP contribution in [0.4, 0.5) is 0 Å². The van der Waals surface area contributed by atoms with Gasteiger partial charge in [-0.05, 0) is 41.5 Å². The molecule has 0 aliphatic rings. The molecular formula is C19H19ClS. The lowest BCUT2D eigenvalue weighted by Gasteiger charge is -2.04. The lowest BCUT2D eigenvalue weighted by atomic mass is 10.2. The molecule has 0 fully saturated rings. The molecule has 0 atom stereocenters. The van der Waals surface area contributed by atoms with Crippen LogP contribution in [0.25, 0.3) is 11.0 Å². The first-order valence-corrected chi connectivity index (χ1v) is 8.56. The van der Waals surface area contributed by atoms with E-state index in [9.17, 15) is 0 Å². The lowest BCUT2D eigenvalue weighted by molar-refractivity contribution is 0.898. The zero-order valence-electron chi connectivity index (χ0n) is 12.2. The van der Waals surface area contributed by atoms with Gasteiger partial charge < -0.3 is 0 Å². The van der Waals surface area contributed by atoms with Crippen molar-refractivity contribution in [3.8, 4) is 0 Å². The zero-order chi connectivity index (χ0) is 14.9. The predicted molar refractivity (Wildman–Crippen MR) is 96.6 cm³/mol. The second-order valence-corrected chi connectivity index (χ2v) is 6.28. The molecule has 2 aromatic rings. The number of halogens is 1. The molecule has 0 unspecified atom stereocenters. The third-order valence-electron chi connectivity index (χ3n) is 3.02. The van der Waals surface area contributed by atoms with Crippen molar-refractivity contribution in [1.82, 2.24) is 0 Å². The van der Waals surface area contributed by atoms with Crippen LogP contribution in [0.1, 0.15) is 30.9 Å². The largest absolute Gasteiger partial charge is 0.117 e. The highest BCUT2D eigenvalue weighted by molar-refractivity contribution is 8.08. The minimum absolute atomic E-state index is 0.761. The monoisotopic (exact) mass is 314 g/mol. The van der Waals surface area contributed by atoms with Gasteiger partial charge in [0.05, 0.1) is 4.91 Å². The van der Waals surface area contributed by atoms with Crippen LogP contribution >= 0.6 is 23.4 Å². The molecular weight excluding hydrogens is 296 g/mol. The lowest BCUT2D eigenvalue weighted by Crippen LogP contribution is -1.82. The van der Waals surface area contributed by atoms with E-state index < -0.39 is 0 Å². The molecule has 0 saturated carbocycles. The summed E-state index contributed by atoms with van der Waals surface area (Å²) in [5, 5.41) is 0.761. The van der Waals surface area contributed by atoms with Crippen molar-refractivity contribution < 1.29 is 0 Å². The van der Waals surface area contributed by atoms with Crippen LogP contribution in [0.2, 0.25) is 5.02 Å². The Morgan fingerprint density at radius 3 is 2.48 bits per heavy atom. The normalized spacial score (nSPS) is 10.0. The van der Waals surface area contributed by atoms with Gasteiger partial charge in [0.1, 0.15) is 0 Å². The average Bonchev–Trinajstić information content (AvgIpc) is 2.53. The Morgan fingerprint density at radius 1 is 1.10 bits per heavy atom. The molecule has 0 aliphatic heterocycles. The Morgan fingerprint density at radius 2 is 1.81 bits per heavy atom. The predicted octanol–water partition coefficient (Wildman–Crippen LogP) is 6.53. The van der Waals surface area contributed by atoms with Crippen LogP contribution in [0, 0.1) is 0 Å². The van der Waals surface area contributed by atoms with Gasteiger partial charge in [0.2, 0.25) is 0 Å². The van der Waals surface area contributed by atoms with Crippen molar-refractivity contribution in [3.63, 3.8) is 0 Å². The van der Waals surface area contributed by atoms with Crippen LogP contribution in [0.15, 0.2) is 60.3 Å². The summed E-state index contributed by atoms with van der Waals surface area (Å²) >= 11 is 7.78. The van der Waals surface area contributed by atoms with Gasteiger partial charge in [-0.25, -0.2) is 0 Å². The molecule has 2 aromatic carbocycles. The minimum atomic E-state index is 0.761. The van der Waals surface area contributed by atoms with Crippen LogP contribution in [-0.2, 0) is 0 Å². The quantitative estimate of drug-likeness (QED) is 0.431. The Kier molecular flexibility index (Phi) is 6.69.